The van der Waals surface area contributed by atoms with Gasteiger partial charge in [-0.2, -0.15) is 0 Å². The second kappa shape index (κ2) is 6.20. The Hall–Kier alpha value is -1.62. The summed E-state index contributed by atoms with van der Waals surface area (Å²) in [7, 11) is 2.96. The van der Waals surface area contributed by atoms with E-state index >= 15 is 0 Å². The molecule has 17 heavy (non-hydrogen) atoms. The predicted octanol–water partition coefficient (Wildman–Crippen LogP) is 1.27. The Morgan fingerprint density at radius 3 is 2.76 bits per heavy atom. The number of esters is 1. The van der Waals surface area contributed by atoms with Crippen LogP contribution < -0.4 is 10.1 Å². The first-order valence-corrected chi connectivity index (χ1v) is 5.22. The maximum absolute atomic E-state index is 12.9. The molecule has 0 aliphatic carbocycles. The van der Waals surface area contributed by atoms with E-state index in [-0.39, 0.29) is 12.4 Å². The van der Waals surface area contributed by atoms with Gasteiger partial charge in [0.15, 0.2) is 0 Å². The number of methoxy groups -OCH3 is 1. The fraction of sp³-hybridized carbons (Fsp3) is 0.417. The summed E-state index contributed by atoms with van der Waals surface area (Å²) in [6.07, 6.45) is 0. The molecule has 1 aromatic carbocycles. The molecule has 1 rings (SSSR count). The number of likely N-dealkylation sites (N-methyl/N-ethyl adjacent to an activating group) is 1. The molecule has 0 heterocycles. The van der Waals surface area contributed by atoms with Crippen molar-refractivity contribution >= 4 is 5.97 Å². The Morgan fingerprint density at radius 2 is 2.24 bits per heavy atom. The maximum Gasteiger partial charge on any atom is 0.326 e. The zero-order valence-corrected chi connectivity index (χ0v) is 10.1. The van der Waals surface area contributed by atoms with Crippen LogP contribution in [0.25, 0.3) is 0 Å². The number of ether oxygens (including phenoxy) is 2. The summed E-state index contributed by atoms with van der Waals surface area (Å²) < 4.78 is 22.9. The second-order valence-corrected chi connectivity index (χ2v) is 3.59. The van der Waals surface area contributed by atoms with Gasteiger partial charge in [0.05, 0.1) is 7.11 Å². The van der Waals surface area contributed by atoms with Crippen molar-refractivity contribution in [2.75, 3.05) is 20.8 Å². The lowest BCUT2D eigenvalue weighted by Gasteiger charge is -2.15. The highest BCUT2D eigenvalue weighted by Crippen LogP contribution is 2.18. The molecule has 94 valence electrons. The van der Waals surface area contributed by atoms with Gasteiger partial charge in [0.2, 0.25) is 0 Å². The first-order valence-electron chi connectivity index (χ1n) is 5.22. The van der Waals surface area contributed by atoms with Gasteiger partial charge in [-0.3, -0.25) is 4.79 Å². The van der Waals surface area contributed by atoms with Crippen LogP contribution in [0.4, 0.5) is 4.39 Å². The van der Waals surface area contributed by atoms with Gasteiger partial charge in [0.25, 0.3) is 0 Å². The molecule has 1 atom stereocenters. The summed E-state index contributed by atoms with van der Waals surface area (Å²) in [5.74, 6) is -0.157. The minimum Gasteiger partial charge on any atom is -0.491 e. The van der Waals surface area contributed by atoms with Crippen molar-refractivity contribution in [3.05, 3.63) is 29.6 Å². The molecule has 0 aliphatic rings. The van der Waals surface area contributed by atoms with Gasteiger partial charge in [-0.1, -0.05) is 0 Å². The van der Waals surface area contributed by atoms with Crippen molar-refractivity contribution in [2.24, 2.45) is 0 Å². The topological polar surface area (TPSA) is 47.6 Å². The Balaban J connectivity index is 2.62. The third-order valence-electron chi connectivity index (χ3n) is 2.38. The first kappa shape index (κ1) is 13.4. The van der Waals surface area contributed by atoms with E-state index in [2.05, 4.69) is 10.1 Å². The molecule has 0 fully saturated rings. The third kappa shape index (κ3) is 3.71. The molecule has 1 aromatic rings. The summed E-state index contributed by atoms with van der Waals surface area (Å²) in [6.45, 7) is 1.88. The van der Waals surface area contributed by atoms with E-state index < -0.39 is 12.0 Å². The van der Waals surface area contributed by atoms with Gasteiger partial charge >= 0.3 is 5.97 Å². The molecule has 1 unspecified atom stereocenters. The van der Waals surface area contributed by atoms with E-state index in [4.69, 9.17) is 4.74 Å². The fourth-order valence-electron chi connectivity index (χ4n) is 1.36. The van der Waals surface area contributed by atoms with E-state index in [0.717, 1.165) is 0 Å². The monoisotopic (exact) mass is 241 g/mol. The number of carbonyl (C=O) groups is 1. The first-order chi connectivity index (χ1) is 8.08. The zero-order chi connectivity index (χ0) is 12.8. The summed E-state index contributed by atoms with van der Waals surface area (Å²) in [5, 5.41) is 2.78. The summed E-state index contributed by atoms with van der Waals surface area (Å²) in [4.78, 5) is 11.3. The third-order valence-corrected chi connectivity index (χ3v) is 2.38. The Morgan fingerprint density at radius 1 is 1.53 bits per heavy atom. The number of rotatable bonds is 5. The van der Waals surface area contributed by atoms with Crippen molar-refractivity contribution in [1.82, 2.24) is 5.32 Å². The molecule has 0 aromatic heterocycles. The van der Waals surface area contributed by atoms with Crippen LogP contribution in [-0.4, -0.2) is 32.8 Å². The lowest BCUT2D eigenvalue weighted by molar-refractivity contribution is -0.143. The average molecular weight is 241 g/mol. The Labute approximate surface area is 99.7 Å². The molecule has 0 spiro atoms. The molecule has 5 heteroatoms. The lowest BCUT2D eigenvalue weighted by Crippen LogP contribution is -2.40. The van der Waals surface area contributed by atoms with Crippen molar-refractivity contribution in [3.63, 3.8) is 0 Å². The highest BCUT2D eigenvalue weighted by atomic mass is 19.1. The SMILES string of the molecule is CNC(COc1ccc(F)cc1C)C(=O)OC. The maximum atomic E-state index is 12.9. The lowest BCUT2D eigenvalue weighted by atomic mass is 10.2. The van der Waals surface area contributed by atoms with Crippen molar-refractivity contribution in [2.45, 2.75) is 13.0 Å². The van der Waals surface area contributed by atoms with Crippen LogP contribution in [0, 0.1) is 12.7 Å². The Bertz CT molecular complexity index is 395. The van der Waals surface area contributed by atoms with E-state index in [9.17, 15) is 9.18 Å². The van der Waals surface area contributed by atoms with Gasteiger partial charge in [0, 0.05) is 0 Å². The molecule has 4 nitrogen and oxygen atoms in total. The minimum atomic E-state index is -0.538. The van der Waals surface area contributed by atoms with Crippen LogP contribution in [0.1, 0.15) is 5.56 Å². The highest BCUT2D eigenvalue weighted by Gasteiger charge is 2.17. The van der Waals surface area contributed by atoms with Gasteiger partial charge in [-0.05, 0) is 37.7 Å². The molecule has 0 radical (unpaired) electrons. The summed E-state index contributed by atoms with van der Waals surface area (Å²) >= 11 is 0. The molecule has 0 bridgehead atoms. The number of carbonyl (C=O) groups excluding carboxylic acids is 1. The quantitative estimate of drug-likeness (QED) is 0.789. The standard InChI is InChI=1S/C12H16FNO3/c1-8-6-9(13)4-5-11(8)17-7-10(14-2)12(15)16-3/h4-6,10,14H,7H2,1-3H3. The van der Waals surface area contributed by atoms with Gasteiger partial charge in [-0.25, -0.2) is 4.39 Å². The summed E-state index contributed by atoms with van der Waals surface area (Å²) in [5.41, 5.74) is 0.685. The number of hydrogen-bond donors (Lipinski definition) is 1. The van der Waals surface area contributed by atoms with Gasteiger partial charge in [-0.15, -0.1) is 0 Å². The van der Waals surface area contributed by atoms with Crippen LogP contribution in [-0.2, 0) is 9.53 Å². The highest BCUT2D eigenvalue weighted by molar-refractivity contribution is 5.75. The van der Waals surface area contributed by atoms with Gasteiger partial charge in [0.1, 0.15) is 24.2 Å². The smallest absolute Gasteiger partial charge is 0.326 e. The molecular weight excluding hydrogens is 225 g/mol. The zero-order valence-electron chi connectivity index (χ0n) is 10.1. The van der Waals surface area contributed by atoms with Crippen molar-refractivity contribution < 1.29 is 18.7 Å². The number of benzene rings is 1. The Kier molecular flexibility index (Phi) is 4.90. The largest absolute Gasteiger partial charge is 0.491 e. The molecule has 1 N–H and O–H groups in total. The van der Waals surface area contributed by atoms with Gasteiger partial charge < -0.3 is 14.8 Å². The van der Waals surface area contributed by atoms with Crippen LogP contribution in [0.2, 0.25) is 0 Å². The molecule has 0 saturated carbocycles. The molecule has 0 amide bonds. The van der Waals surface area contributed by atoms with Crippen LogP contribution in [0.5, 0.6) is 5.75 Å². The molecule has 0 aliphatic heterocycles. The van der Waals surface area contributed by atoms with E-state index in [1.54, 1.807) is 14.0 Å². The molecular formula is C12H16FNO3. The number of halogens is 1. The van der Waals surface area contributed by atoms with Crippen molar-refractivity contribution in [3.8, 4) is 5.75 Å². The average Bonchev–Trinajstić information content (AvgIpc) is 2.31. The van der Waals surface area contributed by atoms with E-state index in [1.807, 2.05) is 0 Å². The minimum absolute atomic E-state index is 0.135. The number of nitrogens with one attached hydrogen (secondary N) is 1. The predicted molar refractivity (Wildman–Crippen MR) is 61.5 cm³/mol. The summed E-state index contributed by atoms with van der Waals surface area (Å²) in [6, 6.07) is 3.69. The number of hydrogen-bond acceptors (Lipinski definition) is 4. The molecule has 0 saturated heterocycles. The second-order valence-electron chi connectivity index (χ2n) is 3.59. The fourth-order valence-corrected chi connectivity index (χ4v) is 1.36. The van der Waals surface area contributed by atoms with Crippen LogP contribution in [0.15, 0.2) is 18.2 Å². The normalized spacial score (nSPS) is 12.0. The van der Waals surface area contributed by atoms with Crippen LogP contribution >= 0.6 is 0 Å². The van der Waals surface area contributed by atoms with Crippen molar-refractivity contribution in [1.29, 1.82) is 0 Å². The van der Waals surface area contributed by atoms with E-state index in [0.29, 0.717) is 11.3 Å². The number of aryl methyl sites for hydroxylation is 1. The van der Waals surface area contributed by atoms with Crippen LogP contribution in [0.3, 0.4) is 0 Å². The van der Waals surface area contributed by atoms with E-state index in [1.165, 1.54) is 25.3 Å².